The van der Waals surface area contributed by atoms with Gasteiger partial charge in [-0.05, 0) is 17.7 Å². The second-order valence-corrected chi connectivity index (χ2v) is 7.48. The Morgan fingerprint density at radius 2 is 2.23 bits per heavy atom. The van der Waals surface area contributed by atoms with E-state index in [1.165, 1.54) is 0 Å². The molecule has 2 N–H and O–H groups in total. The largest absolute Gasteiger partial charge is 0.498 e. The van der Waals surface area contributed by atoms with Crippen molar-refractivity contribution >= 4 is 17.4 Å². The van der Waals surface area contributed by atoms with Gasteiger partial charge >= 0.3 is 0 Å². The normalized spacial score (nSPS) is 22.1. The number of amidine groups is 1. The molecule has 1 aromatic carbocycles. The average Bonchev–Trinajstić information content (AvgIpc) is 3.27. The van der Waals surface area contributed by atoms with E-state index in [0.29, 0.717) is 30.2 Å². The van der Waals surface area contributed by atoms with E-state index in [-0.39, 0.29) is 24.7 Å². The van der Waals surface area contributed by atoms with Crippen molar-refractivity contribution in [3.8, 4) is 5.75 Å². The lowest BCUT2D eigenvalue weighted by molar-refractivity contribution is -0.118. The summed E-state index contributed by atoms with van der Waals surface area (Å²) < 4.78 is 18.6. The molecule has 9 nitrogen and oxygen atoms in total. The number of methoxy groups -OCH3 is 2. The fourth-order valence-corrected chi connectivity index (χ4v) is 3.96. The summed E-state index contributed by atoms with van der Waals surface area (Å²) in [5, 5.41) is 6.22. The highest BCUT2D eigenvalue weighted by molar-refractivity contribution is 5.98. The molecule has 1 aromatic heterocycles. The molecular formula is C22H23N5O4. The summed E-state index contributed by atoms with van der Waals surface area (Å²) in [5.41, 5.74) is 2.56. The molecule has 160 valence electrons. The molecule has 2 unspecified atom stereocenters. The van der Waals surface area contributed by atoms with E-state index < -0.39 is 0 Å². The first kappa shape index (κ1) is 19.4. The Hall–Kier alpha value is -3.59. The van der Waals surface area contributed by atoms with Gasteiger partial charge < -0.3 is 29.4 Å². The second-order valence-electron chi connectivity index (χ2n) is 7.48. The van der Waals surface area contributed by atoms with E-state index in [9.17, 15) is 4.79 Å². The zero-order chi connectivity index (χ0) is 21.4. The third-order valence-electron chi connectivity index (χ3n) is 5.56. The van der Waals surface area contributed by atoms with Gasteiger partial charge in [-0.3, -0.25) is 9.79 Å². The van der Waals surface area contributed by atoms with E-state index >= 15 is 0 Å². The van der Waals surface area contributed by atoms with Crippen LogP contribution in [0.15, 0.2) is 59.2 Å². The summed E-state index contributed by atoms with van der Waals surface area (Å²) in [5.74, 6) is 2.73. The van der Waals surface area contributed by atoms with Crippen molar-refractivity contribution in [3.63, 3.8) is 0 Å². The molecule has 31 heavy (non-hydrogen) atoms. The SMILES string of the molecule is COC1=CC(NC2=NC(c3ccc4c(c3)OCC(=O)N4)Cn3ccnc32)=CCC1OC. The number of amides is 1. The van der Waals surface area contributed by atoms with E-state index in [1.54, 1.807) is 20.4 Å². The number of imidazole rings is 1. The molecule has 3 aliphatic rings. The lowest BCUT2D eigenvalue weighted by Crippen LogP contribution is -2.33. The van der Waals surface area contributed by atoms with Crippen LogP contribution in [-0.2, 0) is 20.8 Å². The first-order valence-corrected chi connectivity index (χ1v) is 10.1. The number of hydrogen-bond donors (Lipinski definition) is 2. The molecule has 3 heterocycles. The Labute approximate surface area is 179 Å². The summed E-state index contributed by atoms with van der Waals surface area (Å²) in [7, 11) is 3.31. The Morgan fingerprint density at radius 1 is 1.32 bits per heavy atom. The summed E-state index contributed by atoms with van der Waals surface area (Å²) in [6.45, 7) is 0.684. The Balaban J connectivity index is 1.44. The van der Waals surface area contributed by atoms with Gasteiger partial charge in [-0.1, -0.05) is 12.1 Å². The quantitative estimate of drug-likeness (QED) is 0.785. The van der Waals surface area contributed by atoms with Crippen LogP contribution in [0.5, 0.6) is 5.75 Å². The van der Waals surface area contributed by atoms with Gasteiger partial charge in [0.05, 0.1) is 25.4 Å². The first-order valence-electron chi connectivity index (χ1n) is 10.1. The highest BCUT2D eigenvalue weighted by atomic mass is 16.5. The van der Waals surface area contributed by atoms with Crippen LogP contribution >= 0.6 is 0 Å². The highest BCUT2D eigenvalue weighted by Crippen LogP contribution is 2.34. The van der Waals surface area contributed by atoms with Crippen molar-refractivity contribution in [3.05, 3.63) is 65.6 Å². The van der Waals surface area contributed by atoms with Crippen molar-refractivity contribution in [1.29, 1.82) is 0 Å². The number of allylic oxidation sites excluding steroid dienone is 1. The van der Waals surface area contributed by atoms with Crippen molar-refractivity contribution < 1.29 is 19.0 Å². The summed E-state index contributed by atoms with van der Waals surface area (Å²) in [6.07, 6.45) is 8.32. The molecule has 0 fully saturated rings. The van der Waals surface area contributed by atoms with Crippen molar-refractivity contribution in [2.75, 3.05) is 26.1 Å². The maximum Gasteiger partial charge on any atom is 0.262 e. The van der Waals surface area contributed by atoms with Crippen molar-refractivity contribution in [2.45, 2.75) is 25.1 Å². The van der Waals surface area contributed by atoms with Crippen LogP contribution in [0.1, 0.15) is 23.9 Å². The Kier molecular flexibility index (Phi) is 4.95. The zero-order valence-corrected chi connectivity index (χ0v) is 17.3. The smallest absolute Gasteiger partial charge is 0.262 e. The van der Waals surface area contributed by atoms with Gasteiger partial charge in [-0.25, -0.2) is 4.98 Å². The molecule has 0 spiro atoms. The molecule has 9 heteroatoms. The minimum absolute atomic E-state index is 0.0215. The van der Waals surface area contributed by atoms with Gasteiger partial charge in [-0.2, -0.15) is 0 Å². The number of carbonyl (C=O) groups is 1. The number of fused-ring (bicyclic) bond motifs is 2. The third kappa shape index (κ3) is 3.68. The van der Waals surface area contributed by atoms with E-state index in [1.807, 2.05) is 30.5 Å². The fourth-order valence-electron chi connectivity index (χ4n) is 3.96. The van der Waals surface area contributed by atoms with Crippen molar-refractivity contribution in [2.24, 2.45) is 4.99 Å². The van der Waals surface area contributed by atoms with Crippen LogP contribution in [0.3, 0.4) is 0 Å². The topological polar surface area (TPSA) is 99.0 Å². The number of nitrogens with one attached hydrogen (secondary N) is 2. The number of ether oxygens (including phenoxy) is 3. The van der Waals surface area contributed by atoms with Crippen LogP contribution in [0.25, 0.3) is 0 Å². The lowest BCUT2D eigenvalue weighted by atomic mass is 10.0. The Bertz CT molecular complexity index is 1120. The van der Waals surface area contributed by atoms with Gasteiger partial charge in [-0.15, -0.1) is 0 Å². The molecule has 5 rings (SSSR count). The number of anilines is 1. The van der Waals surface area contributed by atoms with Gasteiger partial charge in [0.2, 0.25) is 0 Å². The number of carbonyl (C=O) groups excluding carboxylic acids is 1. The summed E-state index contributed by atoms with van der Waals surface area (Å²) >= 11 is 0. The molecule has 2 atom stereocenters. The van der Waals surface area contributed by atoms with Gasteiger partial charge in [0, 0.05) is 37.7 Å². The summed E-state index contributed by atoms with van der Waals surface area (Å²) in [6, 6.07) is 5.63. The van der Waals surface area contributed by atoms with E-state index in [4.69, 9.17) is 19.2 Å². The molecule has 0 saturated heterocycles. The van der Waals surface area contributed by atoms with E-state index in [2.05, 4.69) is 26.3 Å². The minimum Gasteiger partial charge on any atom is -0.498 e. The number of aromatic nitrogens is 2. The van der Waals surface area contributed by atoms with Crippen LogP contribution in [0.4, 0.5) is 5.69 Å². The maximum atomic E-state index is 11.5. The zero-order valence-electron chi connectivity index (χ0n) is 17.3. The van der Waals surface area contributed by atoms with Crippen molar-refractivity contribution in [1.82, 2.24) is 14.9 Å². The lowest BCUT2D eigenvalue weighted by Gasteiger charge is -2.26. The fraction of sp³-hybridized carbons (Fsp3) is 0.318. The third-order valence-corrected chi connectivity index (χ3v) is 5.56. The number of hydrogen-bond acceptors (Lipinski definition) is 7. The molecule has 0 saturated carbocycles. The summed E-state index contributed by atoms with van der Waals surface area (Å²) in [4.78, 5) is 21.0. The van der Waals surface area contributed by atoms with Gasteiger partial charge in [0.1, 0.15) is 17.6 Å². The number of nitrogens with zero attached hydrogens (tertiary/aromatic N) is 3. The Morgan fingerprint density at radius 3 is 3.06 bits per heavy atom. The van der Waals surface area contributed by atoms with Crippen LogP contribution in [-0.4, -0.2) is 48.2 Å². The van der Waals surface area contributed by atoms with Crippen LogP contribution in [0, 0.1) is 0 Å². The molecular weight excluding hydrogens is 398 g/mol. The predicted octanol–water partition coefficient (Wildman–Crippen LogP) is 2.14. The average molecular weight is 421 g/mol. The van der Waals surface area contributed by atoms with Gasteiger partial charge in [0.15, 0.2) is 18.3 Å². The highest BCUT2D eigenvalue weighted by Gasteiger charge is 2.26. The minimum atomic E-state index is -0.148. The molecule has 2 aromatic rings. The van der Waals surface area contributed by atoms with E-state index in [0.717, 1.165) is 22.8 Å². The van der Waals surface area contributed by atoms with Crippen LogP contribution in [0.2, 0.25) is 0 Å². The number of aliphatic imine (C=N–C) groups is 1. The molecule has 1 aliphatic carbocycles. The van der Waals surface area contributed by atoms with Gasteiger partial charge in [0.25, 0.3) is 5.91 Å². The molecule has 1 amide bonds. The monoisotopic (exact) mass is 421 g/mol. The number of rotatable bonds is 4. The molecule has 2 aliphatic heterocycles. The predicted molar refractivity (Wildman–Crippen MR) is 114 cm³/mol. The van der Waals surface area contributed by atoms with Crippen LogP contribution < -0.4 is 15.4 Å². The first-order chi connectivity index (χ1) is 15.1. The second kappa shape index (κ2) is 7.92. The number of benzene rings is 1. The standard InChI is InChI=1S/C22H23N5O4/c1-29-17-6-4-14(10-19(17)30-2)24-21-22-23-7-8-27(22)11-16(26-21)13-3-5-15-18(9-13)31-12-20(28)25-15/h3-5,7-10,16-17H,6,11-12H2,1-2H3,(H,24,26)(H,25,28). The molecule has 0 bridgehead atoms. The molecule has 0 radical (unpaired) electrons. The maximum absolute atomic E-state index is 11.5.